The van der Waals surface area contributed by atoms with Gasteiger partial charge in [-0.2, -0.15) is 5.10 Å². The molecule has 2 saturated heterocycles. The maximum absolute atomic E-state index is 5.46. The van der Waals surface area contributed by atoms with E-state index in [4.69, 9.17) is 14.8 Å². The van der Waals surface area contributed by atoms with E-state index in [1.165, 1.54) is 30.0 Å². The Morgan fingerprint density at radius 1 is 1.15 bits per heavy atom. The van der Waals surface area contributed by atoms with Gasteiger partial charge in [0.2, 0.25) is 0 Å². The summed E-state index contributed by atoms with van der Waals surface area (Å²) < 4.78 is 7.42. The van der Waals surface area contributed by atoms with E-state index in [-0.39, 0.29) is 0 Å². The van der Waals surface area contributed by atoms with E-state index in [2.05, 4.69) is 45.6 Å². The molecule has 3 aromatic heterocycles. The van der Waals surface area contributed by atoms with Crippen molar-refractivity contribution in [2.75, 3.05) is 44.3 Å². The number of nitrogens with zero attached hydrogens (tertiary/aromatic N) is 5. The number of morpholine rings is 1. The summed E-state index contributed by atoms with van der Waals surface area (Å²) in [4.78, 5) is 11.2. The molecule has 2 fully saturated rings. The van der Waals surface area contributed by atoms with Gasteiger partial charge in [-0.15, -0.1) is 11.3 Å². The van der Waals surface area contributed by atoms with Crippen LogP contribution in [0.2, 0.25) is 0 Å². The summed E-state index contributed by atoms with van der Waals surface area (Å²) in [6, 6.07) is 8.61. The lowest BCUT2D eigenvalue weighted by atomic mass is 9.97. The Morgan fingerprint density at radius 3 is 2.93 bits per heavy atom. The summed E-state index contributed by atoms with van der Waals surface area (Å²) in [5.41, 5.74) is 2.14. The van der Waals surface area contributed by atoms with Crippen molar-refractivity contribution in [2.24, 2.45) is 0 Å². The largest absolute Gasteiger partial charge is 0.378 e. The van der Waals surface area contributed by atoms with Gasteiger partial charge in [-0.3, -0.25) is 4.90 Å². The highest BCUT2D eigenvalue weighted by molar-refractivity contribution is 7.09. The van der Waals surface area contributed by atoms with Gasteiger partial charge in [-0.1, -0.05) is 6.07 Å². The topological polar surface area (TPSA) is 45.9 Å². The van der Waals surface area contributed by atoms with Crippen molar-refractivity contribution in [1.82, 2.24) is 19.5 Å². The Bertz CT molecular complexity index is 887. The molecule has 0 bridgehead atoms. The van der Waals surface area contributed by atoms with Crippen molar-refractivity contribution in [1.29, 1.82) is 0 Å². The van der Waals surface area contributed by atoms with Crippen LogP contribution in [0.4, 0.5) is 5.69 Å². The summed E-state index contributed by atoms with van der Waals surface area (Å²) in [7, 11) is 0. The highest BCUT2D eigenvalue weighted by atomic mass is 32.1. The molecule has 27 heavy (non-hydrogen) atoms. The third-order valence-corrected chi connectivity index (χ3v) is 6.40. The second-order valence-electron chi connectivity index (χ2n) is 7.41. The van der Waals surface area contributed by atoms with Crippen LogP contribution < -0.4 is 4.90 Å². The van der Waals surface area contributed by atoms with Crippen molar-refractivity contribution < 1.29 is 4.74 Å². The second-order valence-corrected chi connectivity index (χ2v) is 8.45. The predicted octanol–water partition coefficient (Wildman–Crippen LogP) is 3.01. The van der Waals surface area contributed by atoms with Crippen LogP contribution >= 0.6 is 11.3 Å². The fraction of sp³-hybridized carbons (Fsp3) is 0.500. The van der Waals surface area contributed by atoms with Crippen LogP contribution in [0.15, 0.2) is 35.8 Å². The maximum atomic E-state index is 5.46. The van der Waals surface area contributed by atoms with E-state index in [9.17, 15) is 0 Å². The van der Waals surface area contributed by atoms with Crippen LogP contribution in [0.1, 0.15) is 29.5 Å². The highest BCUT2D eigenvalue weighted by Crippen LogP contribution is 2.27. The number of hydrogen-bond donors (Lipinski definition) is 0. The number of piperidine rings is 1. The minimum absolute atomic E-state index is 0.422. The zero-order valence-electron chi connectivity index (χ0n) is 15.5. The summed E-state index contributed by atoms with van der Waals surface area (Å²) in [5, 5.41) is 7.01. The molecule has 0 unspecified atom stereocenters. The number of thiophene rings is 1. The van der Waals surface area contributed by atoms with Crippen LogP contribution in [-0.4, -0.2) is 58.9 Å². The maximum Gasteiger partial charge on any atom is 0.156 e. The number of ether oxygens (including phenoxy) is 1. The third-order valence-electron chi connectivity index (χ3n) is 5.54. The number of pyridine rings is 1. The molecule has 0 N–H and O–H groups in total. The van der Waals surface area contributed by atoms with Gasteiger partial charge in [0.05, 0.1) is 25.1 Å². The first-order valence-electron chi connectivity index (χ1n) is 9.79. The molecule has 142 valence electrons. The molecular weight excluding hydrogens is 358 g/mol. The molecule has 6 nitrogen and oxygen atoms in total. The Kier molecular flexibility index (Phi) is 4.82. The lowest BCUT2D eigenvalue weighted by Crippen LogP contribution is -2.36. The van der Waals surface area contributed by atoms with Crippen molar-refractivity contribution in [3.8, 4) is 0 Å². The Balaban J connectivity index is 1.33. The molecular formula is C20H25N5OS. The molecule has 5 heterocycles. The summed E-state index contributed by atoms with van der Waals surface area (Å²) >= 11 is 1.84. The zero-order chi connectivity index (χ0) is 18.1. The molecule has 0 radical (unpaired) electrons. The first-order valence-corrected chi connectivity index (χ1v) is 10.7. The van der Waals surface area contributed by atoms with E-state index in [0.29, 0.717) is 5.92 Å². The van der Waals surface area contributed by atoms with Crippen molar-refractivity contribution >= 4 is 22.7 Å². The number of anilines is 1. The average molecular weight is 384 g/mol. The van der Waals surface area contributed by atoms with Crippen LogP contribution in [0.3, 0.4) is 0 Å². The standard InChI is InChI=1S/C20H25N5OS/c1-3-16(13-23(7-1)15-18-4-2-12-27-18)20-21-19-6-5-17(14-25(19)22-20)24-8-10-26-11-9-24/h2,4-6,12,14,16H,1,3,7-11,13,15H2/t16-/m0/s1. The number of hydrogen-bond acceptors (Lipinski definition) is 6. The van der Waals surface area contributed by atoms with E-state index in [1.54, 1.807) is 0 Å². The van der Waals surface area contributed by atoms with Crippen molar-refractivity contribution in [3.05, 3.63) is 46.5 Å². The quantitative estimate of drug-likeness (QED) is 0.693. The van der Waals surface area contributed by atoms with Crippen LogP contribution in [0.5, 0.6) is 0 Å². The van der Waals surface area contributed by atoms with Crippen molar-refractivity contribution in [2.45, 2.75) is 25.3 Å². The number of fused-ring (bicyclic) bond motifs is 1. The lowest BCUT2D eigenvalue weighted by Gasteiger charge is -2.30. The molecule has 3 aromatic rings. The van der Waals surface area contributed by atoms with Gasteiger partial charge in [-0.05, 0) is 43.0 Å². The summed E-state index contributed by atoms with van der Waals surface area (Å²) in [6.45, 7) is 6.73. The lowest BCUT2D eigenvalue weighted by molar-refractivity contribution is 0.122. The van der Waals surface area contributed by atoms with Gasteiger partial charge >= 0.3 is 0 Å². The molecule has 1 atom stereocenters. The fourth-order valence-electron chi connectivity index (χ4n) is 4.10. The van der Waals surface area contributed by atoms with Gasteiger partial charge in [0, 0.05) is 37.0 Å². The number of rotatable bonds is 4. The van der Waals surface area contributed by atoms with Crippen LogP contribution in [0.25, 0.3) is 5.65 Å². The normalized spacial score (nSPS) is 21.8. The van der Waals surface area contributed by atoms with Gasteiger partial charge < -0.3 is 9.64 Å². The molecule has 0 amide bonds. The first-order chi connectivity index (χ1) is 13.3. The molecule has 0 aromatic carbocycles. The third kappa shape index (κ3) is 3.72. The van der Waals surface area contributed by atoms with Crippen LogP contribution in [0, 0.1) is 0 Å². The van der Waals surface area contributed by atoms with Gasteiger partial charge in [0.25, 0.3) is 0 Å². The molecule has 0 saturated carbocycles. The zero-order valence-corrected chi connectivity index (χ0v) is 16.3. The second kappa shape index (κ2) is 7.58. The van der Waals surface area contributed by atoms with E-state index in [0.717, 1.165) is 50.9 Å². The molecule has 0 aliphatic carbocycles. The first kappa shape index (κ1) is 17.2. The molecule has 2 aliphatic rings. The van der Waals surface area contributed by atoms with Crippen LogP contribution in [-0.2, 0) is 11.3 Å². The molecule has 5 rings (SSSR count). The number of likely N-dealkylation sites (tertiary alicyclic amines) is 1. The van der Waals surface area contributed by atoms with E-state index >= 15 is 0 Å². The van der Waals surface area contributed by atoms with Gasteiger partial charge in [0.1, 0.15) is 0 Å². The summed E-state index contributed by atoms with van der Waals surface area (Å²) in [6.07, 6.45) is 4.50. The monoisotopic (exact) mass is 383 g/mol. The van der Waals surface area contributed by atoms with Crippen molar-refractivity contribution in [3.63, 3.8) is 0 Å². The summed E-state index contributed by atoms with van der Waals surface area (Å²) in [5.74, 6) is 1.41. The van der Waals surface area contributed by atoms with E-state index < -0.39 is 0 Å². The predicted molar refractivity (Wildman–Crippen MR) is 108 cm³/mol. The molecule has 2 aliphatic heterocycles. The Hall–Kier alpha value is -1.96. The number of aromatic nitrogens is 3. The van der Waals surface area contributed by atoms with E-state index in [1.807, 2.05) is 15.9 Å². The Labute approximate surface area is 163 Å². The molecule has 0 spiro atoms. The minimum atomic E-state index is 0.422. The fourth-order valence-corrected chi connectivity index (χ4v) is 4.85. The highest BCUT2D eigenvalue weighted by Gasteiger charge is 2.25. The smallest absolute Gasteiger partial charge is 0.156 e. The van der Waals surface area contributed by atoms with Gasteiger partial charge in [0.15, 0.2) is 11.5 Å². The Morgan fingerprint density at radius 2 is 2.07 bits per heavy atom. The minimum Gasteiger partial charge on any atom is -0.378 e. The average Bonchev–Trinajstić information content (AvgIpc) is 3.38. The van der Waals surface area contributed by atoms with Gasteiger partial charge in [-0.25, -0.2) is 9.50 Å². The molecule has 7 heteroatoms. The SMILES string of the molecule is c1csc(CN2CCC[C@H](c3nc4ccc(N5CCOCC5)cn4n3)C2)c1.